The van der Waals surface area contributed by atoms with Gasteiger partial charge < -0.3 is 20.7 Å². The van der Waals surface area contributed by atoms with Crippen molar-refractivity contribution in [3.8, 4) is 5.75 Å². The topological polar surface area (TPSA) is 84.7 Å². The lowest BCUT2D eigenvalue weighted by molar-refractivity contribution is -0.133. The quantitative estimate of drug-likeness (QED) is 0.710. The number of nitrogens with one attached hydrogen (secondary N) is 1. The Morgan fingerprint density at radius 1 is 1.30 bits per heavy atom. The van der Waals surface area contributed by atoms with E-state index in [2.05, 4.69) is 5.32 Å². The van der Waals surface area contributed by atoms with Gasteiger partial charge in [-0.25, -0.2) is 0 Å². The second-order valence-electron chi connectivity index (χ2n) is 6.61. The molecule has 1 aromatic carbocycles. The van der Waals surface area contributed by atoms with Gasteiger partial charge in [0.15, 0.2) is 6.61 Å². The van der Waals surface area contributed by atoms with Crippen molar-refractivity contribution < 1.29 is 14.3 Å². The maximum absolute atomic E-state index is 12.4. The third-order valence-corrected chi connectivity index (χ3v) is 5.05. The van der Waals surface area contributed by atoms with Crippen molar-refractivity contribution in [3.63, 3.8) is 0 Å². The van der Waals surface area contributed by atoms with E-state index in [4.69, 9.17) is 22.1 Å². The highest BCUT2D eigenvalue weighted by Crippen LogP contribution is 2.29. The summed E-state index contributed by atoms with van der Waals surface area (Å²) in [5, 5.41) is 3.25. The lowest BCUT2D eigenvalue weighted by atomic mass is 9.85. The first-order valence-electron chi connectivity index (χ1n) is 9.21. The summed E-state index contributed by atoms with van der Waals surface area (Å²) in [6, 6.07) is 5.13. The van der Waals surface area contributed by atoms with Crippen LogP contribution in [-0.4, -0.2) is 42.5 Å². The highest BCUT2D eigenvalue weighted by atomic mass is 35.5. The molecule has 1 fully saturated rings. The van der Waals surface area contributed by atoms with E-state index in [9.17, 15) is 9.59 Å². The zero-order valence-electron chi connectivity index (χ0n) is 15.9. The predicted octanol–water partition coefficient (Wildman–Crippen LogP) is 3.47. The van der Waals surface area contributed by atoms with E-state index in [1.807, 2.05) is 13.8 Å². The Hall–Kier alpha value is -1.50. The molecule has 6 nitrogen and oxygen atoms in total. The molecule has 27 heavy (non-hydrogen) atoms. The maximum Gasteiger partial charge on any atom is 0.260 e. The number of anilines is 1. The van der Waals surface area contributed by atoms with Crippen LogP contribution < -0.4 is 15.8 Å². The fourth-order valence-electron chi connectivity index (χ4n) is 3.21. The molecule has 2 unspecified atom stereocenters. The molecule has 2 amide bonds. The fraction of sp³-hybridized carbons (Fsp3) is 0.579. The van der Waals surface area contributed by atoms with Gasteiger partial charge in [0, 0.05) is 30.7 Å². The fourth-order valence-corrected chi connectivity index (χ4v) is 3.45. The summed E-state index contributed by atoms with van der Waals surface area (Å²) in [5.41, 5.74) is 6.56. The number of nitrogens with zero attached hydrogens (tertiary/aromatic N) is 1. The molecule has 1 aliphatic carbocycles. The molecule has 0 spiro atoms. The van der Waals surface area contributed by atoms with Gasteiger partial charge in [0.05, 0.1) is 5.02 Å². The van der Waals surface area contributed by atoms with Crippen molar-refractivity contribution in [2.24, 2.45) is 11.7 Å². The molecule has 0 aliphatic heterocycles. The summed E-state index contributed by atoms with van der Waals surface area (Å²) in [6.45, 7) is 5.06. The number of hydrogen-bond donors (Lipinski definition) is 2. The SMILES string of the molecule is CCN(CC)C(=O)COc1ccc(NC(=O)C2CCCC(N)C2)cc1Cl.Cl. The van der Waals surface area contributed by atoms with E-state index in [0.717, 1.165) is 19.3 Å². The number of carbonyl (C=O) groups is 2. The smallest absolute Gasteiger partial charge is 0.260 e. The predicted molar refractivity (Wildman–Crippen MR) is 111 cm³/mol. The van der Waals surface area contributed by atoms with Gasteiger partial charge in [0.1, 0.15) is 5.75 Å². The van der Waals surface area contributed by atoms with Gasteiger partial charge >= 0.3 is 0 Å². The van der Waals surface area contributed by atoms with Gasteiger partial charge in [-0.05, 0) is 51.3 Å². The summed E-state index contributed by atoms with van der Waals surface area (Å²) < 4.78 is 5.52. The average Bonchev–Trinajstić information content (AvgIpc) is 2.62. The summed E-state index contributed by atoms with van der Waals surface area (Å²) in [5.74, 6) is 0.253. The van der Waals surface area contributed by atoms with Crippen molar-refractivity contribution in [1.82, 2.24) is 4.90 Å². The third kappa shape index (κ3) is 6.87. The summed E-state index contributed by atoms with van der Waals surface area (Å²) >= 11 is 6.23. The van der Waals surface area contributed by atoms with E-state index in [1.165, 1.54) is 0 Å². The molecule has 0 saturated heterocycles. The van der Waals surface area contributed by atoms with Crippen LogP contribution in [-0.2, 0) is 9.59 Å². The summed E-state index contributed by atoms with van der Waals surface area (Å²) in [4.78, 5) is 26.1. The Balaban J connectivity index is 0.00000364. The first kappa shape index (κ1) is 23.5. The molecule has 2 rings (SSSR count). The van der Waals surface area contributed by atoms with E-state index in [0.29, 0.717) is 36.0 Å². The number of amides is 2. The number of rotatable bonds is 7. The molecule has 1 saturated carbocycles. The van der Waals surface area contributed by atoms with Gasteiger partial charge in [0.25, 0.3) is 5.91 Å². The zero-order valence-corrected chi connectivity index (χ0v) is 17.4. The van der Waals surface area contributed by atoms with Crippen LogP contribution in [0.2, 0.25) is 5.02 Å². The molecule has 1 aliphatic rings. The molecule has 8 heteroatoms. The van der Waals surface area contributed by atoms with Crippen LogP contribution in [0.15, 0.2) is 18.2 Å². The molecule has 1 aromatic rings. The first-order chi connectivity index (χ1) is 12.4. The van der Waals surface area contributed by atoms with Crippen LogP contribution >= 0.6 is 24.0 Å². The molecule has 152 valence electrons. The van der Waals surface area contributed by atoms with E-state index in [-0.39, 0.29) is 42.8 Å². The minimum Gasteiger partial charge on any atom is -0.482 e. The molecule has 0 bridgehead atoms. The highest BCUT2D eigenvalue weighted by Gasteiger charge is 2.25. The van der Waals surface area contributed by atoms with Crippen LogP contribution in [0.25, 0.3) is 0 Å². The normalized spacial score (nSPS) is 19.0. The molecule has 0 radical (unpaired) electrons. The van der Waals surface area contributed by atoms with Gasteiger partial charge in [-0.2, -0.15) is 0 Å². The van der Waals surface area contributed by atoms with Crippen molar-refractivity contribution >= 4 is 41.5 Å². The molecular weight excluding hydrogens is 389 g/mol. The van der Waals surface area contributed by atoms with E-state index < -0.39 is 0 Å². The second kappa shape index (κ2) is 11.4. The summed E-state index contributed by atoms with van der Waals surface area (Å²) in [7, 11) is 0. The molecule has 0 aromatic heterocycles. The number of halogens is 2. The lowest BCUT2D eigenvalue weighted by Gasteiger charge is -2.25. The standard InChI is InChI=1S/C19H28ClN3O3.ClH/c1-3-23(4-2)18(24)12-26-17-9-8-15(11-16(17)20)22-19(25)13-6-5-7-14(21)10-13;/h8-9,11,13-14H,3-7,10,12,21H2,1-2H3,(H,22,25);1H. The Morgan fingerprint density at radius 2 is 2.00 bits per heavy atom. The van der Waals surface area contributed by atoms with Gasteiger partial charge in [-0.15, -0.1) is 12.4 Å². The van der Waals surface area contributed by atoms with E-state index >= 15 is 0 Å². The third-order valence-electron chi connectivity index (χ3n) is 4.75. The molecule has 3 N–H and O–H groups in total. The van der Waals surface area contributed by atoms with E-state index in [1.54, 1.807) is 23.1 Å². The van der Waals surface area contributed by atoms with Crippen LogP contribution in [0, 0.1) is 5.92 Å². The number of carbonyl (C=O) groups excluding carboxylic acids is 2. The minimum atomic E-state index is -0.0860. The number of ether oxygens (including phenoxy) is 1. The van der Waals surface area contributed by atoms with Crippen molar-refractivity contribution in [2.75, 3.05) is 25.0 Å². The second-order valence-corrected chi connectivity index (χ2v) is 7.02. The van der Waals surface area contributed by atoms with Crippen LogP contribution in [0.5, 0.6) is 5.75 Å². The minimum absolute atomic E-state index is 0. The van der Waals surface area contributed by atoms with Crippen LogP contribution in [0.4, 0.5) is 5.69 Å². The number of likely N-dealkylation sites (N-methyl/N-ethyl adjacent to an activating group) is 1. The van der Waals surface area contributed by atoms with Gasteiger partial charge in [0.2, 0.25) is 5.91 Å². The number of hydrogen-bond acceptors (Lipinski definition) is 4. The van der Waals surface area contributed by atoms with Crippen LogP contribution in [0.3, 0.4) is 0 Å². The van der Waals surface area contributed by atoms with Gasteiger partial charge in [-0.3, -0.25) is 9.59 Å². The highest BCUT2D eigenvalue weighted by molar-refractivity contribution is 6.32. The van der Waals surface area contributed by atoms with Gasteiger partial charge in [-0.1, -0.05) is 18.0 Å². The Kier molecular flexibility index (Phi) is 9.91. The molecular formula is C19H29Cl2N3O3. The Labute approximate surface area is 172 Å². The lowest BCUT2D eigenvalue weighted by Crippen LogP contribution is -2.34. The van der Waals surface area contributed by atoms with Crippen molar-refractivity contribution in [2.45, 2.75) is 45.6 Å². The largest absolute Gasteiger partial charge is 0.482 e. The zero-order chi connectivity index (χ0) is 19.1. The first-order valence-corrected chi connectivity index (χ1v) is 9.58. The monoisotopic (exact) mass is 417 g/mol. The van der Waals surface area contributed by atoms with Crippen molar-refractivity contribution in [1.29, 1.82) is 0 Å². The Morgan fingerprint density at radius 3 is 2.59 bits per heavy atom. The maximum atomic E-state index is 12.4. The number of nitrogens with two attached hydrogens (primary N) is 1. The van der Waals surface area contributed by atoms with Crippen LogP contribution in [0.1, 0.15) is 39.5 Å². The molecule has 0 heterocycles. The molecule has 2 atom stereocenters. The Bertz CT molecular complexity index is 639. The number of benzene rings is 1. The van der Waals surface area contributed by atoms with Crippen molar-refractivity contribution in [3.05, 3.63) is 23.2 Å². The average molecular weight is 418 g/mol. The summed E-state index contributed by atoms with van der Waals surface area (Å²) in [6.07, 6.45) is 3.54.